The van der Waals surface area contributed by atoms with Crippen molar-refractivity contribution in [1.82, 2.24) is 35.1 Å². The Bertz CT molecular complexity index is 1680. The van der Waals surface area contributed by atoms with Gasteiger partial charge >= 0.3 is 6.09 Å². The number of carbonyl (C=O) groups is 3. The second kappa shape index (κ2) is 26.0. The zero-order valence-corrected chi connectivity index (χ0v) is 34.7. The number of methoxy groups -OCH3 is 1. The smallest absolute Gasteiger partial charge is 0.406 e. The van der Waals surface area contributed by atoms with E-state index in [1.165, 1.54) is 14.2 Å². The maximum Gasteiger partial charge on any atom is 0.406 e. The molecular weight excluding hydrogens is 705 g/mol. The molecule has 0 unspecified atom stereocenters. The van der Waals surface area contributed by atoms with Crippen molar-refractivity contribution < 1.29 is 27.9 Å². The van der Waals surface area contributed by atoms with Crippen molar-refractivity contribution in [1.29, 1.82) is 0 Å². The molecule has 0 atom stereocenters. The average Bonchev–Trinajstić information content (AvgIpc) is 3.72. The lowest BCUT2D eigenvalue weighted by molar-refractivity contribution is -0.132. The van der Waals surface area contributed by atoms with Crippen molar-refractivity contribution in [3.63, 3.8) is 0 Å². The molecule has 0 aliphatic carbocycles. The summed E-state index contributed by atoms with van der Waals surface area (Å²) >= 11 is 0. The third kappa shape index (κ3) is 17.0. The molecule has 0 bridgehead atoms. The Kier molecular flexibility index (Phi) is 22.7. The first-order valence-corrected chi connectivity index (χ1v) is 19.1. The minimum Gasteiger partial charge on any atom is -0.453 e. The van der Waals surface area contributed by atoms with E-state index in [0.29, 0.717) is 60.3 Å². The highest BCUT2D eigenvalue weighted by Gasteiger charge is 2.19. The normalized spacial score (nSPS) is 10.5. The quantitative estimate of drug-likeness (QED) is 0.103. The summed E-state index contributed by atoms with van der Waals surface area (Å²) in [6.07, 6.45) is 3.52. The van der Waals surface area contributed by atoms with Gasteiger partial charge in [0.1, 0.15) is 29.3 Å². The van der Waals surface area contributed by atoms with E-state index in [1.807, 2.05) is 104 Å². The van der Waals surface area contributed by atoms with Crippen molar-refractivity contribution >= 4 is 18.3 Å². The van der Waals surface area contributed by atoms with Gasteiger partial charge in [0, 0.05) is 37.6 Å². The van der Waals surface area contributed by atoms with Crippen LogP contribution in [0, 0.1) is 23.7 Å². The Labute approximate surface area is 326 Å². The van der Waals surface area contributed by atoms with E-state index in [1.54, 1.807) is 4.90 Å². The highest BCUT2D eigenvalue weighted by Crippen LogP contribution is 2.28. The van der Waals surface area contributed by atoms with Crippen LogP contribution in [0.4, 0.5) is 13.6 Å². The minimum absolute atomic E-state index is 0.0469. The number of amides is 2. The molecule has 0 radical (unpaired) electrons. The number of rotatable bonds is 15. The Morgan fingerprint density at radius 1 is 0.782 bits per heavy atom. The monoisotopic (exact) mass is 767 g/mol. The Morgan fingerprint density at radius 2 is 1.22 bits per heavy atom. The molecule has 2 heterocycles. The standard InChI is InChI=1S/C32H40F2N6O.C5H10O.C3H7NO2.C2H6/c1-6-16-39(5)19-26-35-29(31(33)37-26)24-12-8-22(9-13-24)23-10-14-25(15-11-23)30-32(34)38-27(36-30)20-40(17-7-2)28(41)18-21(3)4;1-5(2)3-4-6;1-4-3(5)6-2;1-2/h8-15,21H,6-7,16-20H2,1-5H3,(H,35,37)(H,36,38);4-5H,3H2,1-2H3;1-2H3,(H,4,5);1-2H3. The Hall–Kier alpha value is -4.91. The lowest BCUT2D eigenvalue weighted by Crippen LogP contribution is -2.32. The number of carbonyl (C=O) groups excluding carboxylic acids is 3. The van der Waals surface area contributed by atoms with Crippen LogP contribution in [-0.2, 0) is 27.4 Å². The van der Waals surface area contributed by atoms with Gasteiger partial charge in [-0.15, -0.1) is 0 Å². The van der Waals surface area contributed by atoms with Gasteiger partial charge in [-0.1, -0.05) is 104 Å². The molecule has 2 aromatic carbocycles. The van der Waals surface area contributed by atoms with Gasteiger partial charge in [0.2, 0.25) is 17.8 Å². The number of hydrogen-bond acceptors (Lipinski definition) is 7. The zero-order chi connectivity index (χ0) is 41.5. The number of alkyl carbamates (subject to hydrolysis) is 1. The first-order valence-electron chi connectivity index (χ1n) is 19.1. The van der Waals surface area contributed by atoms with Crippen LogP contribution in [0.5, 0.6) is 0 Å². The van der Waals surface area contributed by atoms with E-state index in [2.05, 4.69) is 41.8 Å². The predicted octanol–water partition coefficient (Wildman–Crippen LogP) is 9.27. The van der Waals surface area contributed by atoms with Crippen LogP contribution < -0.4 is 5.32 Å². The predicted molar refractivity (Wildman–Crippen MR) is 217 cm³/mol. The molecule has 304 valence electrons. The summed E-state index contributed by atoms with van der Waals surface area (Å²) in [4.78, 5) is 50.3. The van der Waals surface area contributed by atoms with Gasteiger partial charge in [-0.25, -0.2) is 14.8 Å². The van der Waals surface area contributed by atoms with E-state index in [4.69, 9.17) is 0 Å². The molecule has 2 amide bonds. The van der Waals surface area contributed by atoms with Gasteiger partial charge in [-0.05, 0) is 49.4 Å². The zero-order valence-electron chi connectivity index (χ0n) is 34.7. The van der Waals surface area contributed by atoms with E-state index in [9.17, 15) is 23.2 Å². The fourth-order valence-corrected chi connectivity index (χ4v) is 5.20. The highest BCUT2D eigenvalue weighted by molar-refractivity contribution is 5.76. The molecule has 4 rings (SSSR count). The van der Waals surface area contributed by atoms with Crippen LogP contribution in [0.15, 0.2) is 48.5 Å². The number of halogens is 2. The number of nitrogens with zero attached hydrogens (tertiary/aromatic N) is 4. The van der Waals surface area contributed by atoms with Crippen molar-refractivity contribution in [3.05, 3.63) is 72.1 Å². The average molecular weight is 768 g/mol. The van der Waals surface area contributed by atoms with E-state index >= 15 is 0 Å². The summed E-state index contributed by atoms with van der Waals surface area (Å²) in [5.74, 6) is 0.891. The number of aromatic nitrogens is 4. The van der Waals surface area contributed by atoms with Crippen molar-refractivity contribution in [2.24, 2.45) is 11.8 Å². The third-order valence-corrected chi connectivity index (χ3v) is 7.82. The van der Waals surface area contributed by atoms with Gasteiger partial charge in [0.15, 0.2) is 0 Å². The van der Waals surface area contributed by atoms with Crippen LogP contribution in [0.25, 0.3) is 33.6 Å². The molecule has 0 saturated carbocycles. The summed E-state index contributed by atoms with van der Waals surface area (Å²) in [6, 6.07) is 15.0. The Balaban J connectivity index is 0.000000926. The van der Waals surface area contributed by atoms with Crippen molar-refractivity contribution in [2.75, 3.05) is 34.3 Å². The van der Waals surface area contributed by atoms with Gasteiger partial charge in [0.25, 0.3) is 0 Å². The Morgan fingerprint density at radius 3 is 1.55 bits per heavy atom. The second-order valence-electron chi connectivity index (χ2n) is 13.5. The third-order valence-electron chi connectivity index (χ3n) is 7.82. The van der Waals surface area contributed by atoms with Crippen LogP contribution in [-0.4, -0.2) is 82.3 Å². The molecule has 4 aromatic rings. The molecule has 0 aliphatic heterocycles. The first-order chi connectivity index (χ1) is 26.3. The molecule has 3 N–H and O–H groups in total. The summed E-state index contributed by atoms with van der Waals surface area (Å²) in [7, 11) is 4.81. The summed E-state index contributed by atoms with van der Waals surface area (Å²) < 4.78 is 33.6. The molecule has 13 heteroatoms. The molecule has 11 nitrogen and oxygen atoms in total. The maximum absolute atomic E-state index is 14.9. The topological polar surface area (TPSA) is 136 Å². The first kappa shape index (κ1) is 48.1. The summed E-state index contributed by atoms with van der Waals surface area (Å²) in [5, 5.41) is 2.25. The number of aldehydes is 1. The molecular formula is C42H63F2N7O4. The number of hydrogen-bond donors (Lipinski definition) is 3. The summed E-state index contributed by atoms with van der Waals surface area (Å²) in [6.45, 7) is 18.5. The van der Waals surface area contributed by atoms with Crippen LogP contribution in [0.1, 0.15) is 92.7 Å². The molecule has 0 saturated heterocycles. The number of H-pyrrole nitrogens is 2. The number of imidazole rings is 2. The van der Waals surface area contributed by atoms with E-state index < -0.39 is 18.0 Å². The van der Waals surface area contributed by atoms with Gasteiger partial charge in [-0.2, -0.15) is 8.78 Å². The largest absolute Gasteiger partial charge is 0.453 e. The maximum atomic E-state index is 14.9. The molecule has 55 heavy (non-hydrogen) atoms. The van der Waals surface area contributed by atoms with Gasteiger partial charge < -0.3 is 29.7 Å². The molecule has 0 aliphatic rings. The lowest BCUT2D eigenvalue weighted by atomic mass is 10.0. The van der Waals surface area contributed by atoms with Gasteiger partial charge in [0.05, 0.1) is 20.2 Å². The fourth-order valence-electron chi connectivity index (χ4n) is 5.20. The number of nitrogens with one attached hydrogen (secondary N) is 3. The van der Waals surface area contributed by atoms with E-state index in [0.717, 1.165) is 36.8 Å². The van der Waals surface area contributed by atoms with E-state index in [-0.39, 0.29) is 24.1 Å². The molecule has 0 spiro atoms. The lowest BCUT2D eigenvalue weighted by Gasteiger charge is -2.22. The molecule has 0 fully saturated rings. The van der Waals surface area contributed by atoms with Crippen molar-refractivity contribution in [2.45, 2.75) is 94.2 Å². The second-order valence-corrected chi connectivity index (χ2v) is 13.5. The molecule has 2 aromatic heterocycles. The fraction of sp³-hybridized carbons (Fsp3) is 0.500. The summed E-state index contributed by atoms with van der Waals surface area (Å²) in [5.41, 5.74) is 3.75. The van der Waals surface area contributed by atoms with Crippen LogP contribution in [0.3, 0.4) is 0 Å². The SMILES string of the molecule is CC.CC(C)CC=O.CCCN(C)Cc1nc(-c2ccc(-c3ccc(-c4nc(CN(CCC)C(=O)CC(C)C)[nH]c4F)cc3)cc2)c(F)[nH]1.CNC(=O)OC. The highest BCUT2D eigenvalue weighted by atomic mass is 19.1. The number of benzene rings is 2. The number of ether oxygens (including phenoxy) is 1. The van der Waals surface area contributed by atoms with Crippen molar-refractivity contribution in [3.8, 4) is 33.6 Å². The van der Waals surface area contributed by atoms with Gasteiger partial charge in [-0.3, -0.25) is 9.69 Å². The van der Waals surface area contributed by atoms with Crippen LogP contribution >= 0.6 is 0 Å². The number of aromatic amines is 2. The van der Waals surface area contributed by atoms with Crippen LogP contribution in [0.2, 0.25) is 0 Å². The minimum atomic E-state index is -0.522.